The van der Waals surface area contributed by atoms with Crippen LogP contribution in [0, 0.1) is 15.2 Å². The maximum absolute atomic E-state index is 14.2. The van der Waals surface area contributed by atoms with Crippen molar-refractivity contribution in [3.8, 4) is 11.1 Å². The summed E-state index contributed by atoms with van der Waals surface area (Å²) < 4.78 is 29.5. The second-order valence-corrected chi connectivity index (χ2v) is 11.8. The molecule has 2 aromatic rings. The summed E-state index contributed by atoms with van der Waals surface area (Å²) in [5.74, 6) is -1.42. The minimum absolute atomic E-state index is 0.330. The summed E-state index contributed by atoms with van der Waals surface area (Å²) in [7, 11) is -1.86. The van der Waals surface area contributed by atoms with Gasteiger partial charge in [0, 0.05) is 9.13 Å². The lowest BCUT2D eigenvalue weighted by Crippen LogP contribution is -2.40. The first-order chi connectivity index (χ1) is 8.80. The van der Waals surface area contributed by atoms with Crippen LogP contribution in [0.2, 0.25) is 19.6 Å². The largest absolute Gasteiger partial charge is 0.204 e. The maximum atomic E-state index is 14.2. The van der Waals surface area contributed by atoms with E-state index >= 15 is 0 Å². The van der Waals surface area contributed by atoms with Gasteiger partial charge in [0.05, 0.1) is 8.07 Å². The van der Waals surface area contributed by atoms with E-state index in [0.717, 1.165) is 3.57 Å². The number of hydrogen-bond acceptors (Lipinski definition) is 0. The molecule has 2 aromatic carbocycles. The lowest BCUT2D eigenvalue weighted by atomic mass is 10.1. The smallest absolute Gasteiger partial charge is 0.166 e. The zero-order valence-corrected chi connectivity index (χ0v) is 14.3. The molecular weight excluding hydrogens is 373 g/mol. The molecule has 0 aromatic heterocycles. The Morgan fingerprint density at radius 3 is 1.95 bits per heavy atom. The van der Waals surface area contributed by atoms with Crippen LogP contribution in [0.15, 0.2) is 36.4 Å². The molecule has 0 radical (unpaired) electrons. The van der Waals surface area contributed by atoms with Gasteiger partial charge in [-0.05, 0) is 45.5 Å². The van der Waals surface area contributed by atoms with Crippen LogP contribution in [0.5, 0.6) is 0 Å². The van der Waals surface area contributed by atoms with Crippen molar-refractivity contribution in [2.75, 3.05) is 0 Å². The minimum Gasteiger partial charge on any atom is -0.204 e. The average Bonchev–Trinajstić information content (AvgIpc) is 2.32. The van der Waals surface area contributed by atoms with Gasteiger partial charge in [0.1, 0.15) is 0 Å². The number of rotatable bonds is 2. The van der Waals surface area contributed by atoms with E-state index in [-0.39, 0.29) is 0 Å². The first kappa shape index (κ1) is 14.7. The molecule has 0 fully saturated rings. The van der Waals surface area contributed by atoms with Crippen LogP contribution >= 0.6 is 22.6 Å². The Morgan fingerprint density at radius 2 is 1.42 bits per heavy atom. The Morgan fingerprint density at radius 1 is 0.842 bits per heavy atom. The third-order valence-electron chi connectivity index (χ3n) is 3.05. The van der Waals surface area contributed by atoms with Crippen LogP contribution in [0.3, 0.4) is 0 Å². The minimum atomic E-state index is -1.86. The Kier molecular flexibility index (Phi) is 4.10. The van der Waals surface area contributed by atoms with E-state index in [4.69, 9.17) is 0 Å². The van der Waals surface area contributed by atoms with Crippen LogP contribution < -0.4 is 5.19 Å². The summed E-state index contributed by atoms with van der Waals surface area (Å²) in [6, 6.07) is 10.8. The summed E-state index contributed by atoms with van der Waals surface area (Å²) in [5, 5.41) is 0.541. The van der Waals surface area contributed by atoms with Crippen molar-refractivity contribution in [2.45, 2.75) is 19.6 Å². The SMILES string of the molecule is C[Si](C)(C)c1ccc(-c2ccc(I)cc2)c(F)c1F. The van der Waals surface area contributed by atoms with Gasteiger partial charge < -0.3 is 0 Å². The van der Waals surface area contributed by atoms with Crippen LogP contribution in [0.25, 0.3) is 11.1 Å². The van der Waals surface area contributed by atoms with Gasteiger partial charge >= 0.3 is 0 Å². The van der Waals surface area contributed by atoms with E-state index in [1.54, 1.807) is 12.1 Å². The molecule has 0 heterocycles. The maximum Gasteiger partial charge on any atom is 0.166 e. The lowest BCUT2D eigenvalue weighted by molar-refractivity contribution is 0.516. The number of halogens is 3. The van der Waals surface area contributed by atoms with Crippen molar-refractivity contribution in [1.82, 2.24) is 0 Å². The monoisotopic (exact) mass is 388 g/mol. The predicted molar refractivity (Wildman–Crippen MR) is 87.5 cm³/mol. The molecule has 0 spiro atoms. The van der Waals surface area contributed by atoms with Gasteiger partial charge in [0.2, 0.25) is 0 Å². The Bertz CT molecular complexity index is 601. The second kappa shape index (κ2) is 5.32. The van der Waals surface area contributed by atoms with E-state index in [1.165, 1.54) is 0 Å². The van der Waals surface area contributed by atoms with Gasteiger partial charge in [-0.15, -0.1) is 0 Å². The standard InChI is InChI=1S/C15H15F2ISi/c1-19(2,3)13-9-8-12(14(16)15(13)17)10-4-6-11(18)7-5-10/h4-9H,1-3H3. The van der Waals surface area contributed by atoms with E-state index in [2.05, 4.69) is 22.6 Å². The van der Waals surface area contributed by atoms with E-state index in [9.17, 15) is 8.78 Å². The molecule has 0 aliphatic rings. The van der Waals surface area contributed by atoms with Gasteiger partial charge in [-0.1, -0.05) is 43.9 Å². The molecular formula is C15H15F2ISi. The van der Waals surface area contributed by atoms with Gasteiger partial charge in [-0.25, -0.2) is 8.78 Å². The fourth-order valence-electron chi connectivity index (χ4n) is 1.98. The van der Waals surface area contributed by atoms with Gasteiger partial charge in [-0.3, -0.25) is 0 Å². The third-order valence-corrected chi connectivity index (χ3v) is 5.77. The van der Waals surface area contributed by atoms with Gasteiger partial charge in [0.25, 0.3) is 0 Å². The Hall–Kier alpha value is -0.753. The molecule has 0 unspecified atom stereocenters. The number of hydrogen-bond donors (Lipinski definition) is 0. The zero-order valence-electron chi connectivity index (χ0n) is 11.1. The summed E-state index contributed by atoms with van der Waals surface area (Å²) in [6.07, 6.45) is 0. The first-order valence-corrected chi connectivity index (χ1v) is 10.6. The molecule has 0 atom stereocenters. The van der Waals surface area contributed by atoms with Crippen molar-refractivity contribution in [1.29, 1.82) is 0 Å². The molecule has 0 saturated carbocycles. The fraction of sp³-hybridized carbons (Fsp3) is 0.200. The highest BCUT2D eigenvalue weighted by molar-refractivity contribution is 14.1. The molecule has 0 bridgehead atoms. The van der Waals surface area contributed by atoms with Crippen LogP contribution in [-0.4, -0.2) is 8.07 Å². The topological polar surface area (TPSA) is 0 Å². The van der Waals surface area contributed by atoms with Crippen LogP contribution in [0.1, 0.15) is 0 Å². The molecule has 0 aliphatic heterocycles. The predicted octanol–water partition coefficient (Wildman–Crippen LogP) is 4.78. The summed E-state index contributed by atoms with van der Waals surface area (Å²) in [4.78, 5) is 0. The molecule has 0 N–H and O–H groups in total. The molecule has 2 rings (SSSR count). The molecule has 0 amide bonds. The quantitative estimate of drug-likeness (QED) is 0.513. The Balaban J connectivity index is 2.56. The molecule has 4 heteroatoms. The number of benzene rings is 2. The van der Waals surface area contributed by atoms with E-state index in [1.807, 2.05) is 43.9 Å². The molecule has 0 nitrogen and oxygen atoms in total. The van der Waals surface area contributed by atoms with Crippen molar-refractivity contribution in [2.24, 2.45) is 0 Å². The van der Waals surface area contributed by atoms with E-state index in [0.29, 0.717) is 16.3 Å². The van der Waals surface area contributed by atoms with Crippen molar-refractivity contribution >= 4 is 35.9 Å². The summed E-state index contributed by atoms with van der Waals surface area (Å²) in [5.41, 5.74) is 1.04. The highest BCUT2D eigenvalue weighted by atomic mass is 127. The molecule has 0 saturated heterocycles. The van der Waals surface area contributed by atoms with Gasteiger partial charge in [-0.2, -0.15) is 0 Å². The molecule has 19 heavy (non-hydrogen) atoms. The third kappa shape index (κ3) is 3.05. The zero-order chi connectivity index (χ0) is 14.2. The van der Waals surface area contributed by atoms with Crippen molar-refractivity contribution in [3.05, 3.63) is 51.6 Å². The summed E-state index contributed by atoms with van der Waals surface area (Å²) in [6.45, 7) is 6.03. The van der Waals surface area contributed by atoms with Crippen molar-refractivity contribution < 1.29 is 8.78 Å². The summed E-state index contributed by atoms with van der Waals surface area (Å²) >= 11 is 2.18. The normalized spacial score (nSPS) is 11.7. The Labute approximate surface area is 127 Å². The highest BCUT2D eigenvalue weighted by Gasteiger charge is 2.24. The molecule has 100 valence electrons. The van der Waals surface area contributed by atoms with Crippen molar-refractivity contribution in [3.63, 3.8) is 0 Å². The first-order valence-electron chi connectivity index (χ1n) is 6.05. The van der Waals surface area contributed by atoms with E-state index < -0.39 is 19.7 Å². The molecule has 0 aliphatic carbocycles. The highest BCUT2D eigenvalue weighted by Crippen LogP contribution is 2.25. The fourth-order valence-corrected chi connectivity index (χ4v) is 3.69. The second-order valence-electron chi connectivity index (χ2n) is 5.55. The van der Waals surface area contributed by atoms with Gasteiger partial charge in [0.15, 0.2) is 11.6 Å². The van der Waals surface area contributed by atoms with Crippen LogP contribution in [0.4, 0.5) is 8.78 Å². The lowest BCUT2D eigenvalue weighted by Gasteiger charge is -2.18. The van der Waals surface area contributed by atoms with Crippen LogP contribution in [-0.2, 0) is 0 Å². The average molecular weight is 388 g/mol.